The molecule has 0 unspecified atom stereocenters. The van der Waals surface area contributed by atoms with Crippen molar-refractivity contribution >= 4 is 26.5 Å². The first-order chi connectivity index (χ1) is 16.6. The predicted molar refractivity (Wildman–Crippen MR) is 130 cm³/mol. The zero-order valence-electron chi connectivity index (χ0n) is 19.4. The van der Waals surface area contributed by atoms with Crippen LogP contribution in [-0.2, 0) is 23.1 Å². The monoisotopic (exact) mass is 526 g/mol. The fraction of sp³-hybridized carbons (Fsp3) is 0.625. The van der Waals surface area contributed by atoms with Crippen molar-refractivity contribution in [1.29, 1.82) is 0 Å². The topological polar surface area (TPSA) is 65.5 Å². The summed E-state index contributed by atoms with van der Waals surface area (Å²) in [6, 6.07) is 6.36. The number of alkyl halides is 3. The Hall–Kier alpha value is -1.69. The number of nitrogens with zero attached hydrogens (tertiary/aromatic N) is 3. The number of anilines is 1. The van der Waals surface area contributed by atoms with Gasteiger partial charge in [0.05, 0.1) is 11.7 Å². The van der Waals surface area contributed by atoms with Gasteiger partial charge in [-0.2, -0.15) is 30.6 Å². The van der Waals surface area contributed by atoms with Gasteiger partial charge in [0.2, 0.25) is 0 Å². The van der Waals surface area contributed by atoms with E-state index in [4.69, 9.17) is 0 Å². The summed E-state index contributed by atoms with van der Waals surface area (Å²) in [6.07, 6.45) is 4.05. The van der Waals surface area contributed by atoms with Crippen molar-refractivity contribution in [1.82, 2.24) is 14.0 Å². The minimum atomic E-state index is -4.57. The average molecular weight is 527 g/mol. The Kier molecular flexibility index (Phi) is 5.70. The molecule has 2 saturated heterocycles. The molecule has 1 aromatic heterocycles. The van der Waals surface area contributed by atoms with Crippen molar-refractivity contribution < 1.29 is 21.6 Å². The van der Waals surface area contributed by atoms with Gasteiger partial charge in [0, 0.05) is 25.2 Å². The van der Waals surface area contributed by atoms with E-state index in [0.717, 1.165) is 42.1 Å². The van der Waals surface area contributed by atoms with E-state index in [-0.39, 0.29) is 18.4 Å². The Labute approximate surface area is 207 Å². The van der Waals surface area contributed by atoms with Crippen LogP contribution in [-0.4, -0.2) is 55.6 Å². The van der Waals surface area contributed by atoms with Crippen LogP contribution in [0.5, 0.6) is 0 Å². The summed E-state index contributed by atoms with van der Waals surface area (Å²) in [7, 11) is -4.17. The molecule has 1 spiro atoms. The predicted octanol–water partition coefficient (Wildman–Crippen LogP) is 4.38. The minimum Gasteiger partial charge on any atom is -0.362 e. The average Bonchev–Trinajstić information content (AvgIpc) is 3.43. The lowest BCUT2D eigenvalue weighted by atomic mass is 9.79. The van der Waals surface area contributed by atoms with Gasteiger partial charge in [0.25, 0.3) is 10.2 Å². The molecule has 2 aliphatic carbocycles. The molecule has 0 radical (unpaired) electrons. The zero-order valence-corrected chi connectivity index (χ0v) is 21.0. The smallest absolute Gasteiger partial charge is 0.362 e. The third-order valence-corrected chi connectivity index (χ3v) is 11.0. The number of benzene rings is 1. The number of fused-ring (bicyclic) bond motifs is 1. The van der Waals surface area contributed by atoms with E-state index in [2.05, 4.69) is 32.8 Å². The third-order valence-electron chi connectivity index (χ3n) is 8.32. The first-order valence-electron chi connectivity index (χ1n) is 12.3. The highest BCUT2D eigenvalue weighted by atomic mass is 32.2. The molecule has 11 heteroatoms. The van der Waals surface area contributed by atoms with Crippen LogP contribution >= 0.6 is 11.3 Å². The quantitative estimate of drug-likeness (QED) is 0.645. The molecule has 35 heavy (non-hydrogen) atoms. The summed E-state index contributed by atoms with van der Waals surface area (Å²) in [4.78, 5) is 7.09. The summed E-state index contributed by atoms with van der Waals surface area (Å²) in [5, 5.41) is 2.16. The number of piperidine rings is 1. The molecular formula is C24H29F3N4O2S2. The van der Waals surface area contributed by atoms with Crippen LogP contribution in [0.2, 0.25) is 0 Å². The molecule has 1 aromatic carbocycles. The van der Waals surface area contributed by atoms with Crippen molar-refractivity contribution in [3.63, 3.8) is 0 Å². The maximum absolute atomic E-state index is 13.1. The standard InChI is InChI=1S/C24H29F3N4O2S2/c25-24(26,27)15-31-14-23(29-35(31,32)33)19-6-7-20(23)12-18-10-17(5-4-16(18)11-19)22-28-13-21(34-22)30-8-2-1-3-9-30/h4-5,10,13,19-20,29H,1-3,6-9,11-12,14-15H2/t19-,20+,23-/m1/s1. The zero-order chi connectivity index (χ0) is 24.4. The van der Waals surface area contributed by atoms with Crippen LogP contribution in [0.3, 0.4) is 0 Å². The Morgan fingerprint density at radius 3 is 2.51 bits per heavy atom. The van der Waals surface area contributed by atoms with Gasteiger partial charge in [-0.25, -0.2) is 4.98 Å². The summed E-state index contributed by atoms with van der Waals surface area (Å²) >= 11 is 1.70. The van der Waals surface area contributed by atoms with Crippen LogP contribution in [0.1, 0.15) is 43.2 Å². The molecule has 3 fully saturated rings. The van der Waals surface area contributed by atoms with E-state index in [1.165, 1.54) is 29.8 Å². The molecule has 1 saturated carbocycles. The highest BCUT2D eigenvalue weighted by Gasteiger charge is 2.60. The second-order valence-electron chi connectivity index (χ2n) is 10.4. The molecule has 190 valence electrons. The Bertz CT molecular complexity index is 1230. The number of hydrogen-bond acceptors (Lipinski definition) is 5. The Morgan fingerprint density at radius 2 is 1.80 bits per heavy atom. The first-order valence-corrected chi connectivity index (χ1v) is 14.6. The lowest BCUT2D eigenvalue weighted by molar-refractivity contribution is -0.136. The molecule has 4 aliphatic rings. The number of rotatable bonds is 3. The van der Waals surface area contributed by atoms with E-state index in [1.807, 2.05) is 6.20 Å². The van der Waals surface area contributed by atoms with Crippen molar-refractivity contribution in [2.24, 2.45) is 11.8 Å². The molecule has 2 aliphatic heterocycles. The highest BCUT2D eigenvalue weighted by molar-refractivity contribution is 7.87. The molecule has 2 bridgehead atoms. The van der Waals surface area contributed by atoms with Gasteiger partial charge in [-0.15, -0.1) is 0 Å². The van der Waals surface area contributed by atoms with Gasteiger partial charge in [-0.05, 0) is 74.0 Å². The van der Waals surface area contributed by atoms with Gasteiger partial charge in [0.1, 0.15) is 16.6 Å². The molecule has 1 N–H and O–H groups in total. The molecule has 3 atom stereocenters. The van der Waals surface area contributed by atoms with Crippen LogP contribution < -0.4 is 9.62 Å². The van der Waals surface area contributed by atoms with E-state index >= 15 is 0 Å². The molecule has 0 amide bonds. The largest absolute Gasteiger partial charge is 0.402 e. The van der Waals surface area contributed by atoms with Gasteiger partial charge in [0.15, 0.2) is 0 Å². The molecular weight excluding hydrogens is 497 g/mol. The van der Waals surface area contributed by atoms with E-state index in [1.54, 1.807) is 11.3 Å². The van der Waals surface area contributed by atoms with Gasteiger partial charge >= 0.3 is 6.18 Å². The van der Waals surface area contributed by atoms with Crippen LogP contribution in [0, 0.1) is 11.8 Å². The summed E-state index contributed by atoms with van der Waals surface area (Å²) in [6.45, 7) is 0.581. The number of thiazole rings is 1. The summed E-state index contributed by atoms with van der Waals surface area (Å²) < 4.78 is 68.0. The molecule has 6 rings (SSSR count). The highest BCUT2D eigenvalue weighted by Crippen LogP contribution is 2.51. The second kappa shape index (κ2) is 8.43. The Balaban J connectivity index is 1.27. The maximum Gasteiger partial charge on any atom is 0.402 e. The summed E-state index contributed by atoms with van der Waals surface area (Å²) in [5.74, 6) is -0.0459. The maximum atomic E-state index is 13.1. The van der Waals surface area contributed by atoms with E-state index in [9.17, 15) is 21.6 Å². The third kappa shape index (κ3) is 4.28. The van der Waals surface area contributed by atoms with Crippen molar-refractivity contribution in [3.05, 3.63) is 35.5 Å². The van der Waals surface area contributed by atoms with Crippen LogP contribution in [0.15, 0.2) is 24.4 Å². The number of aromatic nitrogens is 1. The van der Waals surface area contributed by atoms with Crippen molar-refractivity contribution in [2.45, 2.75) is 56.7 Å². The molecule has 2 aromatic rings. The van der Waals surface area contributed by atoms with E-state index < -0.39 is 28.5 Å². The fourth-order valence-electron chi connectivity index (χ4n) is 6.64. The van der Waals surface area contributed by atoms with Gasteiger partial charge < -0.3 is 4.90 Å². The second-order valence-corrected chi connectivity index (χ2v) is 13.1. The minimum absolute atomic E-state index is 0.0156. The normalized spacial score (nSPS) is 30.5. The number of nitrogens with one attached hydrogen (secondary N) is 1. The van der Waals surface area contributed by atoms with E-state index in [0.29, 0.717) is 17.1 Å². The number of hydrogen-bond donors (Lipinski definition) is 1. The van der Waals surface area contributed by atoms with Gasteiger partial charge in [-0.1, -0.05) is 23.5 Å². The SMILES string of the molecule is O=S1(=O)N[C@]2(CN1CC(F)(F)F)[C@@H]1CC[C@H]2Cc2cc(-c3ncc(N4CCCCC4)s3)ccc2C1. The first kappa shape index (κ1) is 23.7. The van der Waals surface area contributed by atoms with Crippen molar-refractivity contribution in [2.75, 3.05) is 31.1 Å². The number of halogens is 3. The van der Waals surface area contributed by atoms with Crippen molar-refractivity contribution in [3.8, 4) is 10.6 Å². The van der Waals surface area contributed by atoms with Crippen LogP contribution in [0.4, 0.5) is 18.2 Å². The Morgan fingerprint density at radius 1 is 1.09 bits per heavy atom. The molecule has 3 heterocycles. The van der Waals surface area contributed by atoms with Gasteiger partial charge in [-0.3, -0.25) is 0 Å². The van der Waals surface area contributed by atoms with Crippen LogP contribution in [0.25, 0.3) is 10.6 Å². The molecule has 6 nitrogen and oxygen atoms in total. The lowest BCUT2D eigenvalue weighted by Crippen LogP contribution is -2.52. The fourth-order valence-corrected chi connectivity index (χ4v) is 9.31. The lowest BCUT2D eigenvalue weighted by Gasteiger charge is -2.33. The summed E-state index contributed by atoms with van der Waals surface area (Å²) in [5.41, 5.74) is 2.54.